The van der Waals surface area contributed by atoms with Crippen LogP contribution in [0.4, 0.5) is 11.4 Å². The summed E-state index contributed by atoms with van der Waals surface area (Å²) >= 11 is 6.26. The number of amides is 1. The average molecular weight is 457 g/mol. The van der Waals surface area contributed by atoms with Crippen molar-refractivity contribution in [3.63, 3.8) is 0 Å². The highest BCUT2D eigenvalue weighted by atomic mass is 35.5. The molecule has 0 unspecified atom stereocenters. The standard InChI is InChI=1S/C24H25ClN2O3S/c1-4-19-10-8-9-18(3)24(19)26-23(28)16-27(20-14-13-17(2)22(25)15-20)31(29,30)21-11-6-5-7-12-21/h5-15H,4,16H2,1-3H3,(H,26,28). The van der Waals surface area contributed by atoms with Gasteiger partial charge in [0.1, 0.15) is 6.54 Å². The van der Waals surface area contributed by atoms with Crippen LogP contribution in [0.3, 0.4) is 0 Å². The number of anilines is 2. The highest BCUT2D eigenvalue weighted by molar-refractivity contribution is 7.92. The lowest BCUT2D eigenvalue weighted by Crippen LogP contribution is -2.38. The fraction of sp³-hybridized carbons (Fsp3) is 0.208. The molecule has 0 saturated heterocycles. The van der Waals surface area contributed by atoms with Gasteiger partial charge in [-0.05, 0) is 61.2 Å². The number of benzene rings is 3. The molecule has 0 aliphatic carbocycles. The third-order valence-corrected chi connectivity index (χ3v) is 7.26. The largest absolute Gasteiger partial charge is 0.324 e. The van der Waals surface area contributed by atoms with Crippen molar-refractivity contribution in [2.24, 2.45) is 0 Å². The fourth-order valence-corrected chi connectivity index (χ4v) is 4.89. The van der Waals surface area contributed by atoms with E-state index >= 15 is 0 Å². The van der Waals surface area contributed by atoms with Crippen LogP contribution in [-0.4, -0.2) is 20.9 Å². The van der Waals surface area contributed by atoms with E-state index in [4.69, 9.17) is 11.6 Å². The van der Waals surface area contributed by atoms with Gasteiger partial charge in [-0.15, -0.1) is 0 Å². The van der Waals surface area contributed by atoms with Crippen LogP contribution in [-0.2, 0) is 21.2 Å². The van der Waals surface area contributed by atoms with E-state index in [1.54, 1.807) is 36.4 Å². The Bertz CT molecular complexity index is 1190. The molecule has 31 heavy (non-hydrogen) atoms. The topological polar surface area (TPSA) is 66.5 Å². The number of sulfonamides is 1. The Morgan fingerprint density at radius 1 is 0.968 bits per heavy atom. The first-order chi connectivity index (χ1) is 14.7. The summed E-state index contributed by atoms with van der Waals surface area (Å²) in [7, 11) is -3.98. The zero-order valence-corrected chi connectivity index (χ0v) is 19.3. The van der Waals surface area contributed by atoms with Crippen LogP contribution in [0.2, 0.25) is 5.02 Å². The van der Waals surface area contributed by atoms with Crippen LogP contribution in [0, 0.1) is 13.8 Å². The maximum atomic E-state index is 13.4. The summed E-state index contributed by atoms with van der Waals surface area (Å²) in [5.74, 6) is -0.430. The molecule has 0 heterocycles. The summed E-state index contributed by atoms with van der Waals surface area (Å²) in [5.41, 5.74) is 3.77. The number of para-hydroxylation sites is 1. The lowest BCUT2D eigenvalue weighted by molar-refractivity contribution is -0.114. The van der Waals surface area contributed by atoms with E-state index in [0.717, 1.165) is 27.4 Å². The molecule has 162 valence electrons. The van der Waals surface area contributed by atoms with Crippen molar-refractivity contribution in [2.45, 2.75) is 32.1 Å². The number of aryl methyl sites for hydroxylation is 3. The zero-order chi connectivity index (χ0) is 22.6. The highest BCUT2D eigenvalue weighted by Crippen LogP contribution is 2.28. The van der Waals surface area contributed by atoms with Crippen molar-refractivity contribution in [2.75, 3.05) is 16.2 Å². The van der Waals surface area contributed by atoms with Crippen LogP contribution in [0.25, 0.3) is 0 Å². The lowest BCUT2D eigenvalue weighted by atomic mass is 10.1. The van der Waals surface area contributed by atoms with Crippen LogP contribution in [0.1, 0.15) is 23.6 Å². The molecule has 3 aromatic carbocycles. The van der Waals surface area contributed by atoms with Crippen molar-refractivity contribution in [1.82, 2.24) is 0 Å². The van der Waals surface area contributed by atoms with E-state index < -0.39 is 15.9 Å². The first kappa shape index (κ1) is 22.8. The van der Waals surface area contributed by atoms with Crippen LogP contribution in [0.5, 0.6) is 0 Å². The summed E-state index contributed by atoms with van der Waals surface area (Å²) in [4.78, 5) is 13.1. The second kappa shape index (κ2) is 9.54. The van der Waals surface area contributed by atoms with Crippen molar-refractivity contribution in [3.8, 4) is 0 Å². The Kier molecular flexibility index (Phi) is 7.03. The number of hydrogen-bond acceptors (Lipinski definition) is 3. The number of carbonyl (C=O) groups excluding carboxylic acids is 1. The summed E-state index contributed by atoms with van der Waals surface area (Å²) in [6.07, 6.45) is 0.747. The number of halogens is 1. The normalized spacial score (nSPS) is 11.2. The Morgan fingerprint density at radius 3 is 2.32 bits per heavy atom. The van der Waals surface area contributed by atoms with Crippen molar-refractivity contribution in [1.29, 1.82) is 0 Å². The highest BCUT2D eigenvalue weighted by Gasteiger charge is 2.27. The molecule has 0 aromatic heterocycles. The number of rotatable bonds is 7. The average Bonchev–Trinajstić information content (AvgIpc) is 2.76. The van der Waals surface area contributed by atoms with E-state index in [1.807, 2.05) is 39.0 Å². The van der Waals surface area contributed by atoms with Gasteiger partial charge < -0.3 is 5.32 Å². The van der Waals surface area contributed by atoms with Crippen molar-refractivity contribution in [3.05, 3.63) is 88.4 Å². The van der Waals surface area contributed by atoms with Gasteiger partial charge in [-0.3, -0.25) is 9.10 Å². The number of hydrogen-bond donors (Lipinski definition) is 1. The van der Waals surface area contributed by atoms with Crippen LogP contribution >= 0.6 is 11.6 Å². The molecule has 3 aromatic rings. The van der Waals surface area contributed by atoms with E-state index in [9.17, 15) is 13.2 Å². The molecule has 0 radical (unpaired) electrons. The predicted molar refractivity (Wildman–Crippen MR) is 126 cm³/mol. The minimum atomic E-state index is -3.98. The van der Waals surface area contributed by atoms with Crippen LogP contribution in [0.15, 0.2) is 71.6 Å². The monoisotopic (exact) mass is 456 g/mol. The second-order valence-electron chi connectivity index (χ2n) is 7.27. The van der Waals surface area contributed by atoms with E-state index in [-0.39, 0.29) is 11.4 Å². The molecule has 0 atom stereocenters. The van der Waals surface area contributed by atoms with Gasteiger partial charge in [0.25, 0.3) is 10.0 Å². The third kappa shape index (κ3) is 5.09. The maximum Gasteiger partial charge on any atom is 0.264 e. The van der Waals surface area contributed by atoms with Gasteiger partial charge in [-0.2, -0.15) is 0 Å². The summed E-state index contributed by atoms with van der Waals surface area (Å²) in [6, 6.07) is 18.8. The predicted octanol–water partition coefficient (Wildman–Crippen LogP) is 5.35. The molecule has 0 aliphatic rings. The second-order valence-corrected chi connectivity index (χ2v) is 9.54. The molecule has 7 heteroatoms. The Hall–Kier alpha value is -2.83. The van der Waals surface area contributed by atoms with Gasteiger partial charge in [-0.25, -0.2) is 8.42 Å². The minimum Gasteiger partial charge on any atom is -0.324 e. The van der Waals surface area contributed by atoms with E-state index in [1.165, 1.54) is 12.1 Å². The van der Waals surface area contributed by atoms with E-state index in [0.29, 0.717) is 16.4 Å². The molecule has 0 fully saturated rings. The smallest absolute Gasteiger partial charge is 0.264 e. The first-order valence-electron chi connectivity index (χ1n) is 9.96. The molecule has 1 amide bonds. The Morgan fingerprint density at radius 2 is 1.68 bits per heavy atom. The fourth-order valence-electron chi connectivity index (χ4n) is 3.28. The number of nitrogens with one attached hydrogen (secondary N) is 1. The van der Waals surface area contributed by atoms with Crippen LogP contribution < -0.4 is 9.62 Å². The van der Waals surface area contributed by atoms with E-state index in [2.05, 4.69) is 5.32 Å². The lowest BCUT2D eigenvalue weighted by Gasteiger charge is -2.25. The third-order valence-electron chi connectivity index (χ3n) is 5.07. The first-order valence-corrected chi connectivity index (χ1v) is 11.8. The van der Waals surface area contributed by atoms with Gasteiger partial charge in [0.15, 0.2) is 0 Å². The molecule has 5 nitrogen and oxygen atoms in total. The number of carbonyl (C=O) groups is 1. The zero-order valence-electron chi connectivity index (χ0n) is 17.7. The maximum absolute atomic E-state index is 13.4. The quantitative estimate of drug-likeness (QED) is 0.520. The molecular weight excluding hydrogens is 432 g/mol. The van der Waals surface area contributed by atoms with Gasteiger partial charge in [0, 0.05) is 10.7 Å². The number of nitrogens with zero attached hydrogens (tertiary/aromatic N) is 1. The molecule has 0 aliphatic heterocycles. The van der Waals surface area contributed by atoms with Gasteiger partial charge >= 0.3 is 0 Å². The van der Waals surface area contributed by atoms with Gasteiger partial charge in [0.2, 0.25) is 5.91 Å². The van der Waals surface area contributed by atoms with Gasteiger partial charge in [0.05, 0.1) is 10.6 Å². The molecule has 0 spiro atoms. The van der Waals surface area contributed by atoms with Crippen molar-refractivity contribution < 1.29 is 13.2 Å². The van der Waals surface area contributed by atoms with Crippen molar-refractivity contribution >= 4 is 38.9 Å². The summed E-state index contributed by atoms with van der Waals surface area (Å²) < 4.78 is 27.9. The molecule has 1 N–H and O–H groups in total. The van der Waals surface area contributed by atoms with Gasteiger partial charge in [-0.1, -0.05) is 61.0 Å². The molecule has 3 rings (SSSR count). The minimum absolute atomic E-state index is 0.102. The molecular formula is C24H25ClN2O3S. The SMILES string of the molecule is CCc1cccc(C)c1NC(=O)CN(c1ccc(C)c(Cl)c1)S(=O)(=O)c1ccccc1. The Labute approximate surface area is 188 Å². The molecule has 0 bridgehead atoms. The summed E-state index contributed by atoms with van der Waals surface area (Å²) in [5, 5.41) is 3.33. The Balaban J connectivity index is 1.99. The molecule has 0 saturated carbocycles. The summed E-state index contributed by atoms with van der Waals surface area (Å²) in [6.45, 7) is 5.37.